The van der Waals surface area contributed by atoms with Crippen molar-refractivity contribution in [3.63, 3.8) is 0 Å². The molecule has 0 aromatic heterocycles. The lowest BCUT2D eigenvalue weighted by molar-refractivity contribution is -0.0788. The highest BCUT2D eigenvalue weighted by Crippen LogP contribution is 2.27. The van der Waals surface area contributed by atoms with Crippen molar-refractivity contribution in [2.75, 3.05) is 6.61 Å². The molecule has 0 aliphatic heterocycles. The van der Waals surface area contributed by atoms with Crippen molar-refractivity contribution in [2.24, 2.45) is 0 Å². The van der Waals surface area contributed by atoms with Crippen molar-refractivity contribution < 1.29 is 24.1 Å². The molecule has 0 saturated heterocycles. The minimum absolute atomic E-state index is 0.0856. The zero-order valence-corrected chi connectivity index (χ0v) is 11.4. The summed E-state index contributed by atoms with van der Waals surface area (Å²) in [5, 5.41) is 9.71. The van der Waals surface area contributed by atoms with Gasteiger partial charge >= 0.3 is 5.97 Å². The predicted molar refractivity (Wildman–Crippen MR) is 73.3 cm³/mol. The van der Waals surface area contributed by atoms with Crippen LogP contribution in [-0.4, -0.2) is 17.7 Å². The first-order valence-corrected chi connectivity index (χ1v) is 6.21. The Hall–Kier alpha value is -2.30. The third-order valence-corrected chi connectivity index (χ3v) is 2.66. The smallest absolute Gasteiger partial charge is 0.379 e. The van der Waals surface area contributed by atoms with Crippen LogP contribution in [0.15, 0.2) is 42.0 Å². The van der Waals surface area contributed by atoms with Gasteiger partial charge < -0.3 is 9.84 Å². The highest BCUT2D eigenvalue weighted by atomic mass is 19.3. The number of phenols is 1. The molecule has 0 aliphatic carbocycles. The molecule has 0 saturated carbocycles. The second-order valence-corrected chi connectivity index (χ2v) is 4.04. The third-order valence-electron chi connectivity index (χ3n) is 2.66. The van der Waals surface area contributed by atoms with Gasteiger partial charge in [-0.2, -0.15) is 0 Å². The van der Waals surface area contributed by atoms with E-state index in [9.17, 15) is 14.4 Å². The number of carbonyl (C=O) groups excluding carboxylic acids is 1. The summed E-state index contributed by atoms with van der Waals surface area (Å²) in [4.78, 5) is 14.0. The summed E-state index contributed by atoms with van der Waals surface area (Å²) < 4.78 is 17.2. The predicted octanol–water partition coefficient (Wildman–Crippen LogP) is 3.72. The molecule has 0 fully saturated rings. The molecule has 5 heteroatoms. The summed E-state index contributed by atoms with van der Waals surface area (Å²) in [7, 11) is 0. The van der Waals surface area contributed by atoms with Crippen LogP contribution in [0.1, 0.15) is 30.6 Å². The summed E-state index contributed by atoms with van der Waals surface area (Å²) in [5.74, 6) is -1.18. The number of ether oxygens (including phenoxy) is 1. The molecule has 0 aliphatic rings. The number of allylic oxidation sites excluding steroid dienone is 3. The van der Waals surface area contributed by atoms with Crippen LogP contribution >= 0.6 is 0 Å². The van der Waals surface area contributed by atoms with E-state index < -0.39 is 5.97 Å². The van der Waals surface area contributed by atoms with Gasteiger partial charge in [0.25, 0.3) is 0 Å². The molecule has 0 spiro atoms. The molecule has 0 amide bonds. The number of hydrogen-bond donors (Lipinski definition) is 1. The van der Waals surface area contributed by atoms with Crippen molar-refractivity contribution in [2.45, 2.75) is 20.3 Å². The normalized spacial score (nSPS) is 11.7. The van der Waals surface area contributed by atoms with E-state index in [0.29, 0.717) is 6.61 Å². The van der Waals surface area contributed by atoms with Crippen molar-refractivity contribution in [1.82, 2.24) is 0 Å². The van der Waals surface area contributed by atoms with Gasteiger partial charge in [0.15, 0.2) is 11.5 Å². The monoisotopic (exact) mass is 280 g/mol. The molecule has 1 rings (SSSR count). The van der Waals surface area contributed by atoms with Crippen LogP contribution in [0.5, 0.6) is 11.5 Å². The number of carbonyl (C=O) groups is 1. The minimum atomic E-state index is -1.16. The van der Waals surface area contributed by atoms with Crippen molar-refractivity contribution in [3.8, 4) is 11.5 Å². The van der Waals surface area contributed by atoms with Crippen LogP contribution < -0.4 is 4.74 Å². The molecule has 1 aromatic carbocycles. The van der Waals surface area contributed by atoms with Crippen molar-refractivity contribution >= 4 is 5.97 Å². The fourth-order valence-electron chi connectivity index (χ4n) is 1.48. The van der Waals surface area contributed by atoms with Gasteiger partial charge in [-0.1, -0.05) is 25.2 Å². The third kappa shape index (κ3) is 4.42. The number of phenolic OH excluding ortho intramolecular Hbond substituents is 1. The van der Waals surface area contributed by atoms with Crippen molar-refractivity contribution in [1.29, 1.82) is 0 Å². The van der Waals surface area contributed by atoms with Gasteiger partial charge in [-0.25, -0.2) is 9.74 Å². The van der Waals surface area contributed by atoms with Gasteiger partial charge in [-0.05, 0) is 37.1 Å². The molecular weight excluding hydrogens is 263 g/mol. The van der Waals surface area contributed by atoms with E-state index in [1.54, 1.807) is 0 Å². The topological polar surface area (TPSA) is 55.8 Å². The zero-order valence-electron chi connectivity index (χ0n) is 11.4. The van der Waals surface area contributed by atoms with Crippen LogP contribution in [0.25, 0.3) is 0 Å². The molecule has 0 unspecified atom stereocenters. The van der Waals surface area contributed by atoms with Gasteiger partial charge in [0.1, 0.15) is 6.61 Å². The Morgan fingerprint density at radius 3 is 2.75 bits per heavy atom. The van der Waals surface area contributed by atoms with E-state index in [2.05, 4.69) is 4.94 Å². The zero-order chi connectivity index (χ0) is 15.0. The SMILES string of the molecule is C/C=C\C=C(/CC)COc1ccc(C(=O)OF)cc1O. The van der Waals surface area contributed by atoms with E-state index in [1.807, 2.05) is 32.1 Å². The highest BCUT2D eigenvalue weighted by molar-refractivity contribution is 5.89. The summed E-state index contributed by atoms with van der Waals surface area (Å²) in [6.07, 6.45) is 6.57. The Morgan fingerprint density at radius 1 is 1.45 bits per heavy atom. The fraction of sp³-hybridized carbons (Fsp3) is 0.267. The summed E-state index contributed by atoms with van der Waals surface area (Å²) >= 11 is 0. The van der Waals surface area contributed by atoms with E-state index in [1.165, 1.54) is 12.1 Å². The second kappa shape index (κ2) is 7.99. The van der Waals surface area contributed by atoms with Gasteiger partial charge in [0, 0.05) is 4.53 Å². The molecule has 0 heterocycles. The Bertz CT molecular complexity index is 521. The van der Waals surface area contributed by atoms with Gasteiger partial charge in [0.2, 0.25) is 0 Å². The molecule has 1 aromatic rings. The minimum Gasteiger partial charge on any atom is -0.504 e. The number of rotatable bonds is 6. The van der Waals surface area contributed by atoms with E-state index >= 15 is 0 Å². The van der Waals surface area contributed by atoms with Gasteiger partial charge in [0.05, 0.1) is 5.56 Å². The molecule has 0 bridgehead atoms. The van der Waals surface area contributed by atoms with E-state index in [0.717, 1.165) is 18.1 Å². The number of aromatic hydroxyl groups is 1. The Labute approximate surface area is 117 Å². The van der Waals surface area contributed by atoms with Crippen molar-refractivity contribution in [3.05, 3.63) is 47.6 Å². The first-order chi connectivity index (χ1) is 9.62. The lowest BCUT2D eigenvalue weighted by Gasteiger charge is -2.10. The van der Waals surface area contributed by atoms with Crippen LogP contribution in [-0.2, 0) is 4.94 Å². The quantitative estimate of drug-likeness (QED) is 0.807. The molecule has 1 N–H and O–H groups in total. The molecule has 0 atom stereocenters. The average Bonchev–Trinajstić information content (AvgIpc) is 2.47. The largest absolute Gasteiger partial charge is 0.504 e. The standard InChI is InChI=1S/C15H17FO4/c1-3-5-6-11(4-2)10-19-14-8-7-12(9-13(14)17)15(18)20-16/h3,5-9,17H,4,10H2,1-2H3/b5-3-,11-6+. The molecule has 20 heavy (non-hydrogen) atoms. The molecule has 108 valence electrons. The maximum atomic E-state index is 11.7. The van der Waals surface area contributed by atoms with E-state index in [-0.39, 0.29) is 17.1 Å². The Morgan fingerprint density at radius 2 is 2.20 bits per heavy atom. The Balaban J connectivity index is 2.76. The maximum absolute atomic E-state index is 11.7. The average molecular weight is 280 g/mol. The molecule has 4 nitrogen and oxygen atoms in total. The summed E-state index contributed by atoms with van der Waals surface area (Å²) in [6, 6.07) is 3.81. The van der Waals surface area contributed by atoms with Crippen LogP contribution in [0.2, 0.25) is 0 Å². The first-order valence-electron chi connectivity index (χ1n) is 6.21. The number of hydrogen-bond acceptors (Lipinski definition) is 4. The lowest BCUT2D eigenvalue weighted by atomic mass is 10.2. The Kier molecular flexibility index (Phi) is 6.29. The maximum Gasteiger partial charge on any atom is 0.379 e. The molecular formula is C15H17FO4. The lowest BCUT2D eigenvalue weighted by Crippen LogP contribution is -2.02. The number of halogens is 1. The van der Waals surface area contributed by atoms with Crippen LogP contribution in [0.3, 0.4) is 0 Å². The summed E-state index contributed by atoms with van der Waals surface area (Å²) in [6.45, 7) is 4.24. The summed E-state index contributed by atoms with van der Waals surface area (Å²) in [5.41, 5.74) is 0.965. The van der Waals surface area contributed by atoms with E-state index in [4.69, 9.17) is 4.74 Å². The highest BCUT2D eigenvalue weighted by Gasteiger charge is 2.12. The van der Waals surface area contributed by atoms with Gasteiger partial charge in [-0.3, -0.25) is 0 Å². The van der Waals surface area contributed by atoms with Gasteiger partial charge in [-0.15, -0.1) is 0 Å². The molecule has 0 radical (unpaired) electrons. The second-order valence-electron chi connectivity index (χ2n) is 4.04. The first kappa shape index (κ1) is 15.8. The van der Waals surface area contributed by atoms with Crippen LogP contribution in [0.4, 0.5) is 4.53 Å². The number of benzene rings is 1. The van der Waals surface area contributed by atoms with Crippen LogP contribution in [0, 0.1) is 0 Å². The fourth-order valence-corrected chi connectivity index (χ4v) is 1.48.